The zero-order valence-corrected chi connectivity index (χ0v) is 18.9. The molecule has 186 valence electrons. The van der Waals surface area contributed by atoms with Crippen molar-refractivity contribution in [2.24, 2.45) is 5.73 Å². The van der Waals surface area contributed by atoms with Crippen molar-refractivity contribution < 1.29 is 41.8 Å². The van der Waals surface area contributed by atoms with Gasteiger partial charge in [-0.15, -0.1) is 11.8 Å². The molecule has 0 saturated carbocycles. The summed E-state index contributed by atoms with van der Waals surface area (Å²) >= 11 is 1.02. The molecule has 0 heterocycles. The van der Waals surface area contributed by atoms with Gasteiger partial charge in [0, 0.05) is 17.5 Å². The van der Waals surface area contributed by atoms with E-state index in [1.165, 1.54) is 48.5 Å². The Morgan fingerprint density at radius 3 is 2.11 bits per heavy atom. The summed E-state index contributed by atoms with van der Waals surface area (Å²) in [7, 11) is 0. The van der Waals surface area contributed by atoms with Crippen LogP contribution >= 0.6 is 11.8 Å². The Bertz CT molecular complexity index is 1090. The molecule has 2 aromatic carbocycles. The number of ether oxygens (including phenoxy) is 2. The lowest BCUT2D eigenvalue weighted by Gasteiger charge is -2.20. The van der Waals surface area contributed by atoms with Gasteiger partial charge in [0.2, 0.25) is 0 Å². The van der Waals surface area contributed by atoms with Crippen LogP contribution in [0.3, 0.4) is 0 Å². The fourth-order valence-electron chi connectivity index (χ4n) is 2.60. The Morgan fingerprint density at radius 2 is 1.60 bits per heavy atom. The van der Waals surface area contributed by atoms with Gasteiger partial charge in [0.15, 0.2) is 5.78 Å². The van der Waals surface area contributed by atoms with Crippen molar-refractivity contribution in [2.75, 3.05) is 6.26 Å². The predicted molar refractivity (Wildman–Crippen MR) is 120 cm³/mol. The molecule has 35 heavy (non-hydrogen) atoms. The van der Waals surface area contributed by atoms with Crippen LogP contribution in [0.15, 0.2) is 54.6 Å². The number of nitrogens with two attached hydrogens (primary N) is 1. The fraction of sp³-hybridized carbons (Fsp3) is 0.227. The van der Waals surface area contributed by atoms with Gasteiger partial charge in [-0.2, -0.15) is 13.2 Å². The number of nitrogen functional groups attached to an aromatic ring is 1. The van der Waals surface area contributed by atoms with E-state index in [1.54, 1.807) is 12.3 Å². The highest BCUT2D eigenvalue weighted by atomic mass is 32.2. The number of Topliss-reactive ketones (excluding diaryl/α,β-unsaturated/α-hetero) is 1. The first-order valence-corrected chi connectivity index (χ1v) is 11.1. The fourth-order valence-corrected chi connectivity index (χ4v) is 3.15. The molecule has 0 fully saturated rings. The van der Waals surface area contributed by atoms with Crippen molar-refractivity contribution in [1.82, 2.24) is 5.32 Å². The molecular weight excluding hydrogens is 491 g/mol. The van der Waals surface area contributed by atoms with E-state index in [0.29, 0.717) is 5.56 Å². The zero-order valence-electron chi connectivity index (χ0n) is 18.1. The highest BCUT2D eigenvalue weighted by Crippen LogP contribution is 2.20. The molecule has 0 aliphatic heterocycles. The standard InChI is InChI=1S/C22H20F3N3O6S/c1-35-16(28-19(30)13-9-7-12(8-10-13)18(26)27)11-15(29)17(33-14-5-3-2-4-6-14)20(31)34-21(32)22(23,24)25/h2-10,16-17H,11H2,1H3,(H3,26,27)(H,28,30). The first-order chi connectivity index (χ1) is 16.4. The van der Waals surface area contributed by atoms with Gasteiger partial charge in [-0.25, -0.2) is 9.59 Å². The molecule has 0 radical (unpaired) electrons. The number of carbonyl (C=O) groups excluding carboxylic acids is 4. The number of hydrogen-bond acceptors (Lipinski definition) is 8. The number of alkyl halides is 3. The molecule has 2 rings (SSSR count). The monoisotopic (exact) mass is 511 g/mol. The predicted octanol–water partition coefficient (Wildman–Crippen LogP) is 2.43. The Labute approximate surface area is 201 Å². The zero-order chi connectivity index (χ0) is 26.2. The van der Waals surface area contributed by atoms with Crippen LogP contribution in [0.4, 0.5) is 13.2 Å². The lowest BCUT2D eigenvalue weighted by Crippen LogP contribution is -2.43. The van der Waals surface area contributed by atoms with Crippen LogP contribution in [0.25, 0.3) is 0 Å². The topological polar surface area (TPSA) is 149 Å². The minimum Gasteiger partial charge on any atom is -0.471 e. The molecule has 0 spiro atoms. The number of esters is 2. The second-order valence-electron chi connectivity index (χ2n) is 6.88. The average Bonchev–Trinajstić information content (AvgIpc) is 2.81. The quantitative estimate of drug-likeness (QED) is 0.145. The van der Waals surface area contributed by atoms with E-state index in [0.717, 1.165) is 11.8 Å². The molecule has 2 atom stereocenters. The van der Waals surface area contributed by atoms with E-state index in [1.807, 2.05) is 0 Å². The summed E-state index contributed by atoms with van der Waals surface area (Å²) in [6.07, 6.45) is -6.63. The van der Waals surface area contributed by atoms with Crippen molar-refractivity contribution in [3.8, 4) is 5.75 Å². The molecule has 13 heteroatoms. The average molecular weight is 511 g/mol. The van der Waals surface area contributed by atoms with Gasteiger partial charge in [0.05, 0.1) is 5.37 Å². The highest BCUT2D eigenvalue weighted by molar-refractivity contribution is 7.99. The number of nitrogens with one attached hydrogen (secondary N) is 2. The molecule has 0 aromatic heterocycles. The lowest BCUT2D eigenvalue weighted by atomic mass is 10.1. The number of carbonyl (C=O) groups is 4. The summed E-state index contributed by atoms with van der Waals surface area (Å²) in [5.74, 6) is -6.47. The van der Waals surface area contributed by atoms with Crippen LogP contribution in [-0.4, -0.2) is 53.4 Å². The van der Waals surface area contributed by atoms with Gasteiger partial charge < -0.3 is 20.5 Å². The molecular formula is C22H20F3N3O6S. The van der Waals surface area contributed by atoms with Gasteiger partial charge >= 0.3 is 18.1 Å². The number of rotatable bonds is 10. The second kappa shape index (κ2) is 12.0. The van der Waals surface area contributed by atoms with Gasteiger partial charge in [-0.1, -0.05) is 30.3 Å². The molecule has 0 aliphatic rings. The molecule has 2 unspecified atom stereocenters. The number of amides is 1. The summed E-state index contributed by atoms with van der Waals surface area (Å²) in [5, 5.41) is 9.01. The summed E-state index contributed by atoms with van der Waals surface area (Å²) < 4.78 is 46.6. The highest BCUT2D eigenvalue weighted by Gasteiger charge is 2.45. The second-order valence-corrected chi connectivity index (χ2v) is 7.92. The van der Waals surface area contributed by atoms with Crippen LogP contribution in [0.5, 0.6) is 5.75 Å². The van der Waals surface area contributed by atoms with Gasteiger partial charge in [0.25, 0.3) is 12.0 Å². The normalized spacial score (nSPS) is 12.7. The number of para-hydroxylation sites is 1. The number of halogens is 3. The van der Waals surface area contributed by atoms with E-state index >= 15 is 0 Å². The number of thioether (sulfide) groups is 1. The summed E-state index contributed by atoms with van der Waals surface area (Å²) in [4.78, 5) is 48.6. The van der Waals surface area contributed by atoms with Gasteiger partial charge in [-0.3, -0.25) is 15.0 Å². The molecule has 0 bridgehead atoms. The number of amidine groups is 1. The molecule has 4 N–H and O–H groups in total. The molecule has 9 nitrogen and oxygen atoms in total. The van der Waals surface area contributed by atoms with Crippen LogP contribution in [-0.2, 0) is 19.1 Å². The number of ketones is 1. The Hall–Kier alpha value is -3.87. The maximum absolute atomic E-state index is 12.8. The summed E-state index contributed by atoms with van der Waals surface area (Å²) in [5.41, 5.74) is 5.95. The van der Waals surface area contributed by atoms with E-state index in [9.17, 15) is 32.3 Å². The summed E-state index contributed by atoms with van der Waals surface area (Å²) in [6.45, 7) is 0. The lowest BCUT2D eigenvalue weighted by molar-refractivity contribution is -0.203. The molecule has 1 amide bonds. The minimum absolute atomic E-state index is 0.0300. The van der Waals surface area contributed by atoms with Crippen molar-refractivity contribution in [3.05, 3.63) is 65.7 Å². The molecule has 0 aliphatic carbocycles. The largest absolute Gasteiger partial charge is 0.491 e. The van der Waals surface area contributed by atoms with E-state index in [4.69, 9.17) is 15.9 Å². The third-order valence-electron chi connectivity index (χ3n) is 4.35. The number of hydrogen-bond donors (Lipinski definition) is 3. The first kappa shape index (κ1) is 27.4. The van der Waals surface area contributed by atoms with E-state index < -0.39 is 47.7 Å². The van der Waals surface area contributed by atoms with E-state index in [2.05, 4.69) is 10.1 Å². The van der Waals surface area contributed by atoms with Gasteiger partial charge in [0.1, 0.15) is 11.6 Å². The van der Waals surface area contributed by atoms with E-state index in [-0.39, 0.29) is 17.1 Å². The Kier molecular flexibility index (Phi) is 9.40. The third-order valence-corrected chi connectivity index (χ3v) is 5.20. The minimum atomic E-state index is -5.45. The van der Waals surface area contributed by atoms with Crippen LogP contribution in [0.1, 0.15) is 22.3 Å². The van der Waals surface area contributed by atoms with Crippen LogP contribution in [0.2, 0.25) is 0 Å². The maximum Gasteiger partial charge on any atom is 0.491 e. The molecule has 2 aromatic rings. The van der Waals surface area contributed by atoms with Crippen LogP contribution < -0.4 is 15.8 Å². The van der Waals surface area contributed by atoms with Crippen LogP contribution in [0, 0.1) is 5.41 Å². The Balaban J connectivity index is 2.15. The van der Waals surface area contributed by atoms with Crippen molar-refractivity contribution >= 4 is 41.2 Å². The van der Waals surface area contributed by atoms with Crippen molar-refractivity contribution in [1.29, 1.82) is 5.41 Å². The SMILES string of the molecule is CSC(CC(=O)C(Oc1ccccc1)C(=O)OC(=O)C(F)(F)F)NC(=O)c1ccc(C(=N)N)cc1. The third kappa shape index (κ3) is 8.14. The van der Waals surface area contributed by atoms with Gasteiger partial charge in [-0.05, 0) is 30.5 Å². The summed E-state index contributed by atoms with van der Waals surface area (Å²) in [6, 6.07) is 13.0. The number of benzene rings is 2. The van der Waals surface area contributed by atoms with Crippen molar-refractivity contribution in [3.63, 3.8) is 0 Å². The maximum atomic E-state index is 12.8. The van der Waals surface area contributed by atoms with Crippen molar-refractivity contribution in [2.45, 2.75) is 24.1 Å². The molecule has 0 saturated heterocycles. The first-order valence-electron chi connectivity index (χ1n) is 9.77. The smallest absolute Gasteiger partial charge is 0.471 e. The Morgan fingerprint density at radius 1 is 1.03 bits per heavy atom.